The zero-order valence-corrected chi connectivity index (χ0v) is 16.8. The third-order valence-electron chi connectivity index (χ3n) is 3.93. The molecule has 0 aliphatic carbocycles. The van der Waals surface area contributed by atoms with Crippen molar-refractivity contribution in [3.8, 4) is 5.75 Å². The lowest BCUT2D eigenvalue weighted by Crippen LogP contribution is -2.30. The zero-order valence-electron chi connectivity index (χ0n) is 16.0. The molecule has 2 aromatic carbocycles. The molecular formula is C19H22N2O6S. The van der Waals surface area contributed by atoms with Gasteiger partial charge in [0, 0.05) is 12.7 Å². The van der Waals surface area contributed by atoms with E-state index in [9.17, 15) is 18.0 Å². The highest BCUT2D eigenvalue weighted by Gasteiger charge is 2.17. The summed E-state index contributed by atoms with van der Waals surface area (Å²) < 4.78 is 34.5. The first-order chi connectivity index (χ1) is 13.1. The maximum absolute atomic E-state index is 12.3. The molecule has 28 heavy (non-hydrogen) atoms. The van der Waals surface area contributed by atoms with Gasteiger partial charge in [0.2, 0.25) is 10.0 Å². The Morgan fingerprint density at radius 2 is 1.75 bits per heavy atom. The molecule has 1 N–H and O–H groups in total. The number of hydrogen-bond acceptors (Lipinski definition) is 6. The number of anilines is 2. The summed E-state index contributed by atoms with van der Waals surface area (Å²) >= 11 is 0. The summed E-state index contributed by atoms with van der Waals surface area (Å²) in [6, 6.07) is 12.7. The number of sulfonamides is 1. The summed E-state index contributed by atoms with van der Waals surface area (Å²) in [5.41, 5.74) is 1.24. The smallest absolute Gasteiger partial charge is 0.337 e. The summed E-state index contributed by atoms with van der Waals surface area (Å²) in [6.45, 7) is 1.58. The molecule has 0 radical (unpaired) electrons. The van der Waals surface area contributed by atoms with Crippen LogP contribution in [0.1, 0.15) is 17.3 Å². The number of carbonyl (C=O) groups excluding carboxylic acids is 2. The van der Waals surface area contributed by atoms with Crippen LogP contribution in [0.5, 0.6) is 5.75 Å². The van der Waals surface area contributed by atoms with Crippen LogP contribution < -0.4 is 14.4 Å². The lowest BCUT2D eigenvalue weighted by molar-refractivity contribution is -0.122. The first-order valence-corrected chi connectivity index (χ1v) is 10.2. The Morgan fingerprint density at radius 1 is 1.11 bits per heavy atom. The maximum atomic E-state index is 12.3. The predicted octanol–water partition coefficient (Wildman–Crippen LogP) is 2.28. The molecule has 0 unspecified atom stereocenters. The lowest BCUT2D eigenvalue weighted by atomic mass is 10.2. The molecule has 0 bridgehead atoms. The van der Waals surface area contributed by atoms with E-state index in [1.165, 1.54) is 20.2 Å². The number of nitrogens with one attached hydrogen (secondary N) is 1. The number of nitrogens with zero attached hydrogens (tertiary/aromatic N) is 1. The number of methoxy groups -OCH3 is 1. The van der Waals surface area contributed by atoms with Gasteiger partial charge in [-0.25, -0.2) is 13.2 Å². The van der Waals surface area contributed by atoms with Gasteiger partial charge in [-0.15, -0.1) is 0 Å². The Kier molecular flexibility index (Phi) is 6.63. The molecule has 8 nitrogen and oxygen atoms in total. The Morgan fingerprint density at radius 3 is 2.32 bits per heavy atom. The van der Waals surface area contributed by atoms with Gasteiger partial charge in [0.05, 0.1) is 24.6 Å². The topological polar surface area (TPSA) is 102 Å². The molecule has 0 saturated heterocycles. The van der Waals surface area contributed by atoms with Gasteiger partial charge in [-0.3, -0.25) is 9.10 Å². The Hall–Kier alpha value is -3.07. The molecule has 150 valence electrons. The number of amides is 1. The average molecular weight is 406 g/mol. The number of carbonyl (C=O) groups is 2. The first kappa shape index (κ1) is 21.2. The normalized spacial score (nSPS) is 12.0. The van der Waals surface area contributed by atoms with Gasteiger partial charge in [-0.2, -0.15) is 0 Å². The number of esters is 1. The lowest BCUT2D eigenvalue weighted by Gasteiger charge is -2.18. The van der Waals surface area contributed by atoms with Crippen LogP contribution in [0.25, 0.3) is 0 Å². The average Bonchev–Trinajstić information content (AvgIpc) is 2.66. The summed E-state index contributed by atoms with van der Waals surface area (Å²) in [6.07, 6.45) is 0.291. The molecule has 9 heteroatoms. The van der Waals surface area contributed by atoms with Crippen LogP contribution in [0.3, 0.4) is 0 Å². The number of rotatable bonds is 7. The second kappa shape index (κ2) is 8.75. The van der Waals surface area contributed by atoms with E-state index in [0.717, 1.165) is 10.6 Å². The quantitative estimate of drug-likeness (QED) is 0.708. The summed E-state index contributed by atoms with van der Waals surface area (Å²) in [4.78, 5) is 23.9. The second-order valence-electron chi connectivity index (χ2n) is 6.05. The molecule has 0 spiro atoms. The standard InChI is InChI=1S/C19H22N2O6S/c1-13(18(22)20-15-7-5-6-14(12-15)19(23)26-3)27-17-10-8-16(9-11-17)21(2)28(4,24)25/h5-13H,1-4H3,(H,20,22)/t13-/m0/s1. The zero-order chi connectivity index (χ0) is 20.9. The van der Waals surface area contributed by atoms with Crippen LogP contribution >= 0.6 is 0 Å². The van der Waals surface area contributed by atoms with E-state index in [-0.39, 0.29) is 0 Å². The van der Waals surface area contributed by atoms with E-state index in [2.05, 4.69) is 10.1 Å². The summed E-state index contributed by atoms with van der Waals surface area (Å²) in [7, 11) is -0.628. The molecule has 0 fully saturated rings. The van der Waals surface area contributed by atoms with Crippen LogP contribution in [-0.2, 0) is 19.6 Å². The van der Waals surface area contributed by atoms with Crippen molar-refractivity contribution >= 4 is 33.3 Å². The molecule has 1 atom stereocenters. The van der Waals surface area contributed by atoms with Gasteiger partial charge in [0.1, 0.15) is 5.75 Å². The fourth-order valence-electron chi connectivity index (χ4n) is 2.27. The van der Waals surface area contributed by atoms with E-state index < -0.39 is 28.0 Å². The van der Waals surface area contributed by atoms with Crippen molar-refractivity contribution in [3.05, 3.63) is 54.1 Å². The van der Waals surface area contributed by atoms with Crippen molar-refractivity contribution in [2.75, 3.05) is 30.0 Å². The molecule has 2 rings (SSSR count). The van der Waals surface area contributed by atoms with Gasteiger partial charge < -0.3 is 14.8 Å². The highest BCUT2D eigenvalue weighted by molar-refractivity contribution is 7.92. The van der Waals surface area contributed by atoms with Crippen LogP contribution in [0.4, 0.5) is 11.4 Å². The molecule has 2 aromatic rings. The van der Waals surface area contributed by atoms with E-state index in [4.69, 9.17) is 4.74 Å². The monoisotopic (exact) mass is 406 g/mol. The van der Waals surface area contributed by atoms with E-state index in [1.54, 1.807) is 49.4 Å². The Bertz CT molecular complexity index is 957. The van der Waals surface area contributed by atoms with Crippen molar-refractivity contribution in [1.29, 1.82) is 0 Å². The van der Waals surface area contributed by atoms with Gasteiger partial charge in [-0.05, 0) is 49.4 Å². The molecule has 0 heterocycles. The molecule has 0 aliphatic heterocycles. The number of benzene rings is 2. The maximum Gasteiger partial charge on any atom is 0.337 e. The number of ether oxygens (including phenoxy) is 2. The van der Waals surface area contributed by atoms with E-state index >= 15 is 0 Å². The summed E-state index contributed by atoms with van der Waals surface area (Å²) in [5, 5.41) is 2.67. The predicted molar refractivity (Wildman–Crippen MR) is 106 cm³/mol. The largest absolute Gasteiger partial charge is 0.481 e. The third kappa shape index (κ3) is 5.46. The third-order valence-corrected chi connectivity index (χ3v) is 5.14. The SMILES string of the molecule is COC(=O)c1cccc(NC(=O)[C@H](C)Oc2ccc(N(C)S(C)(=O)=O)cc2)c1. The van der Waals surface area contributed by atoms with Crippen LogP contribution in [0, 0.1) is 0 Å². The van der Waals surface area contributed by atoms with Crippen LogP contribution in [-0.4, -0.2) is 46.8 Å². The minimum atomic E-state index is -3.36. The van der Waals surface area contributed by atoms with Crippen molar-refractivity contribution in [2.45, 2.75) is 13.0 Å². The first-order valence-electron chi connectivity index (χ1n) is 8.31. The van der Waals surface area contributed by atoms with Crippen LogP contribution in [0.2, 0.25) is 0 Å². The Labute approximate surface area is 164 Å². The molecule has 0 saturated carbocycles. The minimum Gasteiger partial charge on any atom is -0.481 e. The summed E-state index contributed by atoms with van der Waals surface area (Å²) in [5.74, 6) is -0.490. The molecule has 1 amide bonds. The van der Waals surface area contributed by atoms with E-state index in [0.29, 0.717) is 22.7 Å². The fourth-order valence-corrected chi connectivity index (χ4v) is 2.77. The molecular weight excluding hydrogens is 384 g/mol. The van der Waals surface area contributed by atoms with Gasteiger partial charge in [0.15, 0.2) is 6.10 Å². The van der Waals surface area contributed by atoms with Gasteiger partial charge in [-0.1, -0.05) is 6.07 Å². The second-order valence-corrected chi connectivity index (χ2v) is 8.06. The van der Waals surface area contributed by atoms with Gasteiger partial charge in [0.25, 0.3) is 5.91 Å². The van der Waals surface area contributed by atoms with Crippen molar-refractivity contribution in [2.24, 2.45) is 0 Å². The molecule has 0 aliphatic rings. The molecule has 0 aromatic heterocycles. The highest BCUT2D eigenvalue weighted by atomic mass is 32.2. The highest BCUT2D eigenvalue weighted by Crippen LogP contribution is 2.21. The van der Waals surface area contributed by atoms with E-state index in [1.807, 2.05) is 0 Å². The van der Waals surface area contributed by atoms with Crippen molar-refractivity contribution in [3.63, 3.8) is 0 Å². The minimum absolute atomic E-state index is 0.319. The number of hydrogen-bond donors (Lipinski definition) is 1. The van der Waals surface area contributed by atoms with Crippen molar-refractivity contribution in [1.82, 2.24) is 0 Å². The van der Waals surface area contributed by atoms with Crippen molar-refractivity contribution < 1.29 is 27.5 Å². The Balaban J connectivity index is 2.02. The van der Waals surface area contributed by atoms with Gasteiger partial charge >= 0.3 is 5.97 Å². The van der Waals surface area contributed by atoms with Crippen LogP contribution in [0.15, 0.2) is 48.5 Å². The fraction of sp³-hybridized carbons (Fsp3) is 0.263.